The zero-order valence-corrected chi connectivity index (χ0v) is 22.3. The molecule has 0 aliphatic heterocycles. The highest BCUT2D eigenvalue weighted by atomic mass is 35.5. The van der Waals surface area contributed by atoms with Crippen LogP contribution in [0.3, 0.4) is 0 Å². The molecule has 0 bridgehead atoms. The van der Waals surface area contributed by atoms with Gasteiger partial charge in [0, 0.05) is 16.5 Å². The average molecular weight is 555 g/mol. The molecule has 3 aromatic rings. The van der Waals surface area contributed by atoms with Gasteiger partial charge in [0.25, 0.3) is 10.0 Å². The molecule has 186 valence electrons. The van der Waals surface area contributed by atoms with Crippen LogP contribution in [0, 0.1) is 0 Å². The van der Waals surface area contributed by atoms with Crippen LogP contribution in [0.4, 0.5) is 5.69 Å². The molecule has 0 aromatic heterocycles. The summed E-state index contributed by atoms with van der Waals surface area (Å²) in [6, 6.07) is 17.6. The summed E-state index contributed by atoms with van der Waals surface area (Å²) in [5.74, 6) is -0.121. The van der Waals surface area contributed by atoms with E-state index < -0.39 is 15.9 Å². The minimum atomic E-state index is -4.15. The Morgan fingerprint density at radius 2 is 1.54 bits per heavy atom. The van der Waals surface area contributed by atoms with Crippen LogP contribution >= 0.6 is 34.8 Å². The second-order valence-electron chi connectivity index (χ2n) is 7.91. The highest BCUT2D eigenvalue weighted by Gasteiger charge is 2.30. The van der Waals surface area contributed by atoms with Crippen molar-refractivity contribution < 1.29 is 17.9 Å². The molecule has 0 unspecified atom stereocenters. The molecule has 9 heteroatoms. The number of sulfonamides is 1. The summed E-state index contributed by atoms with van der Waals surface area (Å²) in [6.45, 7) is 2.29. The minimum absolute atomic E-state index is 0.0190. The Kier molecular flexibility index (Phi) is 9.87. The summed E-state index contributed by atoms with van der Waals surface area (Å²) >= 11 is 17.9. The van der Waals surface area contributed by atoms with Crippen LogP contribution < -0.4 is 9.04 Å². The maximum atomic E-state index is 13.5. The van der Waals surface area contributed by atoms with Gasteiger partial charge in [-0.15, -0.1) is 0 Å². The third kappa shape index (κ3) is 7.37. The predicted molar refractivity (Wildman–Crippen MR) is 142 cm³/mol. The van der Waals surface area contributed by atoms with E-state index in [1.54, 1.807) is 30.3 Å². The molecule has 0 N–H and O–H groups in total. The van der Waals surface area contributed by atoms with Gasteiger partial charge in [0.05, 0.1) is 22.2 Å². The number of hydrogen-bond acceptors (Lipinski definition) is 4. The molecule has 3 aromatic carbocycles. The van der Waals surface area contributed by atoms with Gasteiger partial charge in [0.2, 0.25) is 5.91 Å². The number of aryl methyl sites for hydroxylation is 1. The highest BCUT2D eigenvalue weighted by molar-refractivity contribution is 7.93. The number of benzene rings is 3. The zero-order valence-electron chi connectivity index (χ0n) is 19.2. The van der Waals surface area contributed by atoms with E-state index in [1.165, 1.54) is 24.3 Å². The van der Waals surface area contributed by atoms with Crippen LogP contribution in [0.15, 0.2) is 71.6 Å². The van der Waals surface area contributed by atoms with Gasteiger partial charge in [-0.05, 0) is 79.4 Å². The molecule has 0 saturated carbocycles. The maximum Gasteiger partial charge on any atom is 0.270 e. The summed E-state index contributed by atoms with van der Waals surface area (Å²) in [6.07, 6.45) is 3.22. The highest BCUT2D eigenvalue weighted by Crippen LogP contribution is 2.29. The Morgan fingerprint density at radius 3 is 2.17 bits per heavy atom. The molecule has 0 aliphatic rings. The van der Waals surface area contributed by atoms with Gasteiger partial charge in [0.15, 0.2) is 0 Å². The molecule has 0 atom stereocenters. The van der Waals surface area contributed by atoms with Crippen molar-refractivity contribution in [3.8, 4) is 5.75 Å². The topological polar surface area (TPSA) is 63.7 Å². The van der Waals surface area contributed by atoms with Crippen LogP contribution in [0.1, 0.15) is 38.2 Å². The van der Waals surface area contributed by atoms with Gasteiger partial charge in [-0.2, -0.15) is 0 Å². The first kappa shape index (κ1) is 27.3. The Hall–Kier alpha value is -2.25. The number of carbonyl (C=O) groups excluding carboxylic acids is 1. The largest absolute Gasteiger partial charge is 0.492 e. The van der Waals surface area contributed by atoms with Crippen molar-refractivity contribution in [2.45, 2.75) is 43.9 Å². The molecular weight excluding hydrogens is 529 g/mol. The summed E-state index contributed by atoms with van der Waals surface area (Å²) in [4.78, 5) is 13.2. The second kappa shape index (κ2) is 12.6. The van der Waals surface area contributed by atoms with Gasteiger partial charge in [-0.1, -0.05) is 60.3 Å². The van der Waals surface area contributed by atoms with Crippen molar-refractivity contribution in [2.24, 2.45) is 0 Å². The van der Waals surface area contributed by atoms with Crippen LogP contribution in [0.2, 0.25) is 15.1 Å². The maximum absolute atomic E-state index is 13.5. The van der Waals surface area contributed by atoms with Gasteiger partial charge >= 0.3 is 0 Å². The number of halogens is 3. The van der Waals surface area contributed by atoms with Crippen molar-refractivity contribution in [2.75, 3.05) is 10.9 Å². The van der Waals surface area contributed by atoms with E-state index in [0.29, 0.717) is 27.2 Å². The Morgan fingerprint density at radius 1 is 0.886 bits per heavy atom. The lowest BCUT2D eigenvalue weighted by molar-refractivity contribution is -0.117. The Bertz CT molecular complexity index is 1250. The first-order valence-electron chi connectivity index (χ1n) is 11.2. The number of carbonyl (C=O) groups is 1. The van der Waals surface area contributed by atoms with Crippen LogP contribution in [0.5, 0.6) is 5.75 Å². The van der Waals surface area contributed by atoms with Crippen molar-refractivity contribution in [1.29, 1.82) is 0 Å². The smallest absolute Gasteiger partial charge is 0.270 e. The van der Waals surface area contributed by atoms with Gasteiger partial charge < -0.3 is 4.74 Å². The number of ether oxygens (including phenoxy) is 1. The van der Waals surface area contributed by atoms with Crippen molar-refractivity contribution >= 4 is 56.4 Å². The minimum Gasteiger partial charge on any atom is -0.492 e. The number of rotatable bonds is 11. The fourth-order valence-corrected chi connectivity index (χ4v) is 5.45. The lowest BCUT2D eigenvalue weighted by atomic mass is 10.1. The van der Waals surface area contributed by atoms with Crippen molar-refractivity contribution in [1.82, 2.24) is 0 Å². The number of anilines is 1. The summed E-state index contributed by atoms with van der Waals surface area (Å²) < 4.78 is 33.4. The van der Waals surface area contributed by atoms with E-state index in [4.69, 9.17) is 39.5 Å². The van der Waals surface area contributed by atoms with E-state index in [1.807, 2.05) is 12.1 Å². The standard InChI is InChI=1S/C26H26Cl3NO4S/c1-2-3-5-19-7-12-22(13-8-19)30(35(32,33)23-14-9-20(27)10-15-23)26(31)6-4-17-34-25-16-11-21(28)18-24(25)29/h7-16,18H,2-6,17H2,1H3. The molecule has 3 rings (SSSR count). The molecule has 0 fully saturated rings. The van der Waals surface area contributed by atoms with E-state index in [2.05, 4.69) is 6.92 Å². The summed E-state index contributed by atoms with van der Waals surface area (Å²) in [5, 5.41) is 1.25. The summed E-state index contributed by atoms with van der Waals surface area (Å²) in [7, 11) is -4.15. The molecule has 1 amide bonds. The van der Waals surface area contributed by atoms with Gasteiger partial charge in [-0.25, -0.2) is 12.7 Å². The first-order valence-corrected chi connectivity index (χ1v) is 13.8. The molecule has 0 spiro atoms. The number of amides is 1. The zero-order chi connectivity index (χ0) is 25.4. The van der Waals surface area contributed by atoms with Crippen LogP contribution in [-0.2, 0) is 21.2 Å². The fourth-order valence-electron chi connectivity index (χ4n) is 3.41. The fraction of sp³-hybridized carbons (Fsp3) is 0.269. The van der Waals surface area contributed by atoms with Crippen LogP contribution in [0.25, 0.3) is 0 Å². The van der Waals surface area contributed by atoms with E-state index in [0.717, 1.165) is 29.1 Å². The normalized spacial score (nSPS) is 11.3. The molecule has 0 radical (unpaired) electrons. The van der Waals surface area contributed by atoms with Gasteiger partial charge in [0.1, 0.15) is 5.75 Å². The SMILES string of the molecule is CCCCc1ccc(N(C(=O)CCCOc2ccc(Cl)cc2Cl)S(=O)(=O)c2ccc(Cl)cc2)cc1. The molecule has 5 nitrogen and oxygen atoms in total. The molecule has 0 aliphatic carbocycles. The van der Waals surface area contributed by atoms with Crippen LogP contribution in [-0.4, -0.2) is 20.9 Å². The third-order valence-corrected chi connectivity index (χ3v) is 7.80. The molecular formula is C26H26Cl3NO4S. The molecule has 0 heterocycles. The lowest BCUT2D eigenvalue weighted by Crippen LogP contribution is -2.37. The summed E-state index contributed by atoms with van der Waals surface area (Å²) in [5.41, 5.74) is 1.37. The predicted octanol–water partition coefficient (Wildman–Crippen LogP) is 7.57. The Labute approximate surface area is 221 Å². The van der Waals surface area contributed by atoms with Crippen molar-refractivity contribution in [3.05, 3.63) is 87.4 Å². The number of hydrogen-bond donors (Lipinski definition) is 0. The number of unbranched alkanes of at least 4 members (excludes halogenated alkanes) is 1. The second-order valence-corrected chi connectivity index (χ2v) is 11.0. The van der Waals surface area contributed by atoms with Crippen molar-refractivity contribution in [3.63, 3.8) is 0 Å². The van der Waals surface area contributed by atoms with Gasteiger partial charge in [-0.3, -0.25) is 4.79 Å². The monoisotopic (exact) mass is 553 g/mol. The Balaban J connectivity index is 1.79. The first-order chi connectivity index (χ1) is 16.7. The third-order valence-electron chi connectivity index (χ3n) is 5.25. The van der Waals surface area contributed by atoms with E-state index in [9.17, 15) is 13.2 Å². The van der Waals surface area contributed by atoms with E-state index in [-0.39, 0.29) is 23.6 Å². The quantitative estimate of drug-likeness (QED) is 0.229. The number of nitrogens with zero attached hydrogens (tertiary/aromatic N) is 1. The average Bonchev–Trinajstić information content (AvgIpc) is 2.82. The van der Waals surface area contributed by atoms with E-state index >= 15 is 0 Å². The lowest BCUT2D eigenvalue weighted by Gasteiger charge is -2.23. The molecule has 0 saturated heterocycles. The molecule has 35 heavy (non-hydrogen) atoms.